The Kier molecular flexibility index (Phi) is 8.00. The van der Waals surface area contributed by atoms with Crippen LogP contribution in [0.1, 0.15) is 11.6 Å². The minimum absolute atomic E-state index is 0.0310. The van der Waals surface area contributed by atoms with E-state index in [1.54, 1.807) is 25.3 Å². The molecule has 8 heteroatoms. The Balaban J connectivity index is 1.61. The summed E-state index contributed by atoms with van der Waals surface area (Å²) < 4.78 is 16.2. The minimum atomic E-state index is -0.229. The molecule has 1 heterocycles. The summed E-state index contributed by atoms with van der Waals surface area (Å²) in [4.78, 5) is 14.7. The highest BCUT2D eigenvalue weighted by molar-refractivity contribution is 6.34. The van der Waals surface area contributed by atoms with Crippen LogP contribution in [0.4, 0.5) is 0 Å². The number of methoxy groups -OCH3 is 1. The first-order valence-corrected chi connectivity index (χ1v) is 10.1. The van der Waals surface area contributed by atoms with E-state index in [-0.39, 0.29) is 18.6 Å². The van der Waals surface area contributed by atoms with Crippen molar-refractivity contribution in [1.82, 2.24) is 10.2 Å². The smallest absolute Gasteiger partial charge is 0.258 e. The number of nitrogens with one attached hydrogen (secondary N) is 1. The predicted molar refractivity (Wildman–Crippen MR) is 113 cm³/mol. The van der Waals surface area contributed by atoms with Crippen molar-refractivity contribution in [3.63, 3.8) is 0 Å². The Hall–Kier alpha value is -1.99. The van der Waals surface area contributed by atoms with Gasteiger partial charge in [0.05, 0.1) is 31.4 Å². The molecule has 2 aromatic rings. The SMILES string of the molecule is COc1ccc(C(CNC(=O)COc2cc(Cl)ccc2Cl)N2CCOCC2)cc1. The number of hydrogen-bond donors (Lipinski definition) is 1. The molecule has 0 saturated carbocycles. The number of benzene rings is 2. The van der Waals surface area contributed by atoms with Crippen molar-refractivity contribution >= 4 is 29.1 Å². The first-order chi connectivity index (χ1) is 14.1. The molecule has 1 amide bonds. The number of morpholine rings is 1. The van der Waals surface area contributed by atoms with Gasteiger partial charge in [0.2, 0.25) is 0 Å². The lowest BCUT2D eigenvalue weighted by molar-refractivity contribution is -0.123. The van der Waals surface area contributed by atoms with Gasteiger partial charge in [-0.25, -0.2) is 0 Å². The third kappa shape index (κ3) is 6.24. The van der Waals surface area contributed by atoms with Crippen LogP contribution in [0.3, 0.4) is 0 Å². The van der Waals surface area contributed by atoms with Crippen molar-refractivity contribution in [2.24, 2.45) is 0 Å². The van der Waals surface area contributed by atoms with Gasteiger partial charge in [-0.05, 0) is 29.8 Å². The highest BCUT2D eigenvalue weighted by Gasteiger charge is 2.23. The van der Waals surface area contributed by atoms with E-state index in [0.29, 0.717) is 35.6 Å². The highest BCUT2D eigenvalue weighted by Crippen LogP contribution is 2.27. The van der Waals surface area contributed by atoms with Crippen molar-refractivity contribution in [2.45, 2.75) is 6.04 Å². The summed E-state index contributed by atoms with van der Waals surface area (Å²) >= 11 is 12.0. The molecule has 1 aliphatic heterocycles. The highest BCUT2D eigenvalue weighted by atomic mass is 35.5. The minimum Gasteiger partial charge on any atom is -0.497 e. The summed E-state index contributed by atoms with van der Waals surface area (Å²) in [6.45, 7) is 3.28. The van der Waals surface area contributed by atoms with E-state index >= 15 is 0 Å². The molecule has 2 aromatic carbocycles. The summed E-state index contributed by atoms with van der Waals surface area (Å²) in [6, 6.07) is 12.8. The van der Waals surface area contributed by atoms with Crippen molar-refractivity contribution in [3.8, 4) is 11.5 Å². The summed E-state index contributed by atoms with van der Waals surface area (Å²) in [6.07, 6.45) is 0. The first kappa shape index (κ1) is 21.7. The Morgan fingerprint density at radius 2 is 1.90 bits per heavy atom. The number of nitrogens with zero attached hydrogens (tertiary/aromatic N) is 1. The lowest BCUT2D eigenvalue weighted by Gasteiger charge is -2.35. The van der Waals surface area contributed by atoms with E-state index in [2.05, 4.69) is 10.2 Å². The van der Waals surface area contributed by atoms with E-state index < -0.39 is 0 Å². The summed E-state index contributed by atoms with van der Waals surface area (Å²) in [5.74, 6) is 0.951. The lowest BCUT2D eigenvalue weighted by atomic mass is 10.0. The van der Waals surface area contributed by atoms with Gasteiger partial charge in [-0.1, -0.05) is 35.3 Å². The largest absolute Gasteiger partial charge is 0.497 e. The Labute approximate surface area is 180 Å². The van der Waals surface area contributed by atoms with Gasteiger partial charge < -0.3 is 19.5 Å². The zero-order chi connectivity index (χ0) is 20.6. The molecule has 0 spiro atoms. The molecule has 1 fully saturated rings. The number of halogens is 2. The van der Waals surface area contributed by atoms with Crippen LogP contribution in [0.2, 0.25) is 10.0 Å². The van der Waals surface area contributed by atoms with Crippen molar-refractivity contribution in [1.29, 1.82) is 0 Å². The van der Waals surface area contributed by atoms with E-state index in [1.807, 2.05) is 24.3 Å². The van der Waals surface area contributed by atoms with E-state index in [9.17, 15) is 4.79 Å². The van der Waals surface area contributed by atoms with Crippen molar-refractivity contribution in [3.05, 3.63) is 58.1 Å². The maximum Gasteiger partial charge on any atom is 0.258 e. The van der Waals surface area contributed by atoms with Crippen molar-refractivity contribution < 1.29 is 19.0 Å². The first-order valence-electron chi connectivity index (χ1n) is 9.37. The number of ether oxygens (including phenoxy) is 3. The standard InChI is InChI=1S/C21H24Cl2N2O4/c1-27-17-5-2-15(3-6-17)19(25-8-10-28-11-9-25)13-24-21(26)14-29-20-12-16(22)4-7-18(20)23/h2-7,12,19H,8-11,13-14H2,1H3,(H,24,26). The number of hydrogen-bond acceptors (Lipinski definition) is 5. The molecule has 0 radical (unpaired) electrons. The molecule has 0 bridgehead atoms. The summed E-state index contributed by atoms with van der Waals surface area (Å²) in [5.41, 5.74) is 1.10. The fourth-order valence-electron chi connectivity index (χ4n) is 3.17. The van der Waals surface area contributed by atoms with Gasteiger partial charge in [0, 0.05) is 30.7 Å². The maximum atomic E-state index is 12.4. The van der Waals surface area contributed by atoms with Crippen LogP contribution in [0, 0.1) is 0 Å². The van der Waals surface area contributed by atoms with E-state index in [0.717, 1.165) is 24.4 Å². The van der Waals surface area contributed by atoms with Crippen LogP contribution in [0.15, 0.2) is 42.5 Å². The van der Waals surface area contributed by atoms with Crippen LogP contribution in [0.25, 0.3) is 0 Å². The Morgan fingerprint density at radius 3 is 2.59 bits per heavy atom. The molecule has 1 atom stereocenters. The fourth-order valence-corrected chi connectivity index (χ4v) is 3.50. The zero-order valence-electron chi connectivity index (χ0n) is 16.2. The van der Waals surface area contributed by atoms with Gasteiger partial charge in [-0.15, -0.1) is 0 Å². The molecule has 0 aliphatic carbocycles. The van der Waals surface area contributed by atoms with Crippen LogP contribution in [-0.2, 0) is 9.53 Å². The number of carbonyl (C=O) groups is 1. The average molecular weight is 439 g/mol. The monoisotopic (exact) mass is 438 g/mol. The van der Waals surface area contributed by atoms with Crippen LogP contribution >= 0.6 is 23.2 Å². The van der Waals surface area contributed by atoms with Crippen LogP contribution in [-0.4, -0.2) is 57.4 Å². The molecule has 3 rings (SSSR count). The molecule has 0 aromatic heterocycles. The lowest BCUT2D eigenvalue weighted by Crippen LogP contribution is -2.44. The Bertz CT molecular complexity index is 811. The normalized spacial score (nSPS) is 15.6. The molecule has 1 N–H and O–H groups in total. The number of rotatable bonds is 8. The summed E-state index contributed by atoms with van der Waals surface area (Å²) in [5, 5.41) is 3.86. The third-order valence-corrected chi connectivity index (χ3v) is 5.28. The Morgan fingerprint density at radius 1 is 1.17 bits per heavy atom. The quantitative estimate of drug-likeness (QED) is 0.682. The molecular formula is C21H24Cl2N2O4. The number of amides is 1. The van der Waals surface area contributed by atoms with Gasteiger partial charge in [-0.3, -0.25) is 9.69 Å². The topological polar surface area (TPSA) is 60.0 Å². The van der Waals surface area contributed by atoms with Gasteiger partial charge in [-0.2, -0.15) is 0 Å². The van der Waals surface area contributed by atoms with Gasteiger partial charge in [0.25, 0.3) is 5.91 Å². The van der Waals surface area contributed by atoms with E-state index in [1.165, 1.54) is 0 Å². The second kappa shape index (κ2) is 10.7. The summed E-state index contributed by atoms with van der Waals surface area (Å²) in [7, 11) is 1.64. The molecule has 1 aliphatic rings. The van der Waals surface area contributed by atoms with Crippen LogP contribution < -0.4 is 14.8 Å². The second-order valence-corrected chi connectivity index (χ2v) is 7.45. The maximum absolute atomic E-state index is 12.4. The number of carbonyl (C=O) groups excluding carboxylic acids is 1. The molecular weight excluding hydrogens is 415 g/mol. The third-order valence-electron chi connectivity index (χ3n) is 4.73. The van der Waals surface area contributed by atoms with Gasteiger partial charge in [0.15, 0.2) is 6.61 Å². The van der Waals surface area contributed by atoms with Gasteiger partial charge in [0.1, 0.15) is 11.5 Å². The molecule has 1 saturated heterocycles. The van der Waals surface area contributed by atoms with E-state index in [4.69, 9.17) is 37.4 Å². The molecule has 1 unspecified atom stereocenters. The predicted octanol–water partition coefficient (Wildman–Crippen LogP) is 3.57. The average Bonchev–Trinajstić information content (AvgIpc) is 2.75. The van der Waals surface area contributed by atoms with Crippen molar-refractivity contribution in [2.75, 3.05) is 46.6 Å². The second-order valence-electron chi connectivity index (χ2n) is 6.60. The van der Waals surface area contributed by atoms with Crippen LogP contribution in [0.5, 0.6) is 11.5 Å². The van der Waals surface area contributed by atoms with Gasteiger partial charge >= 0.3 is 0 Å². The molecule has 6 nitrogen and oxygen atoms in total. The zero-order valence-corrected chi connectivity index (χ0v) is 17.7. The molecule has 156 valence electrons. The molecule has 29 heavy (non-hydrogen) atoms. The fraction of sp³-hybridized carbons (Fsp3) is 0.381.